The number of hydrogen-bond acceptors (Lipinski definition) is 3. The number of carbonyl (C=O) groups is 1. The lowest BCUT2D eigenvalue weighted by molar-refractivity contribution is 0.0932. The van der Waals surface area contributed by atoms with E-state index >= 15 is 0 Å². The van der Waals surface area contributed by atoms with Crippen LogP contribution in [0.2, 0.25) is 5.02 Å². The molecular weight excluding hydrogens is 312 g/mol. The molecular formula is C18H21ClN2O2. The summed E-state index contributed by atoms with van der Waals surface area (Å²) in [7, 11) is 0. The second kappa shape index (κ2) is 8.56. The second-order valence-electron chi connectivity index (χ2n) is 5.27. The standard InChI is InChI=1S/C18H21ClN2O2/c1-3-13(2)23-15-10-8-14(9-11-15)12-20-21-18(22)16-6-4-5-7-17(16)19/h4-11,13,20H,3,12H2,1-2H3,(H,21,22). The Hall–Kier alpha value is -2.04. The van der Waals surface area contributed by atoms with Crippen molar-refractivity contribution in [3.05, 3.63) is 64.7 Å². The third-order valence-corrected chi connectivity index (χ3v) is 3.78. The maximum Gasteiger partial charge on any atom is 0.266 e. The van der Waals surface area contributed by atoms with Gasteiger partial charge in [-0.25, -0.2) is 5.43 Å². The summed E-state index contributed by atoms with van der Waals surface area (Å²) in [6.07, 6.45) is 1.17. The molecule has 1 amide bonds. The van der Waals surface area contributed by atoms with E-state index in [1.54, 1.807) is 24.3 Å². The van der Waals surface area contributed by atoms with Crippen molar-refractivity contribution in [2.45, 2.75) is 32.9 Å². The summed E-state index contributed by atoms with van der Waals surface area (Å²) in [4.78, 5) is 12.0. The SMILES string of the molecule is CCC(C)Oc1ccc(CNNC(=O)c2ccccc2Cl)cc1. The summed E-state index contributed by atoms with van der Waals surface area (Å²) in [6, 6.07) is 14.7. The van der Waals surface area contributed by atoms with E-state index in [1.807, 2.05) is 31.2 Å². The highest BCUT2D eigenvalue weighted by Crippen LogP contribution is 2.15. The van der Waals surface area contributed by atoms with Crippen molar-refractivity contribution in [3.8, 4) is 5.75 Å². The lowest BCUT2D eigenvalue weighted by atomic mass is 10.2. The molecule has 2 N–H and O–H groups in total. The molecule has 0 fully saturated rings. The molecule has 1 atom stereocenters. The molecule has 1 unspecified atom stereocenters. The molecule has 2 rings (SSSR count). The van der Waals surface area contributed by atoms with Gasteiger partial charge in [-0.1, -0.05) is 42.8 Å². The fourth-order valence-corrected chi connectivity index (χ4v) is 2.16. The topological polar surface area (TPSA) is 50.4 Å². The van der Waals surface area contributed by atoms with E-state index in [4.69, 9.17) is 16.3 Å². The number of rotatable bonds is 7. The molecule has 23 heavy (non-hydrogen) atoms. The van der Waals surface area contributed by atoms with Crippen molar-refractivity contribution in [3.63, 3.8) is 0 Å². The Kier molecular flexibility index (Phi) is 6.44. The largest absolute Gasteiger partial charge is 0.491 e. The number of halogens is 1. The van der Waals surface area contributed by atoms with Crippen LogP contribution in [0, 0.1) is 0 Å². The first kappa shape index (κ1) is 17.3. The molecule has 0 radical (unpaired) electrons. The molecule has 5 heteroatoms. The molecule has 0 heterocycles. The van der Waals surface area contributed by atoms with Crippen LogP contribution in [-0.2, 0) is 6.54 Å². The van der Waals surface area contributed by atoms with Gasteiger partial charge in [0.2, 0.25) is 0 Å². The van der Waals surface area contributed by atoms with Crippen molar-refractivity contribution in [1.29, 1.82) is 0 Å². The molecule has 0 saturated carbocycles. The first-order chi connectivity index (χ1) is 11.1. The molecule has 122 valence electrons. The maximum atomic E-state index is 12.0. The Bertz CT molecular complexity index is 644. The minimum atomic E-state index is -0.257. The van der Waals surface area contributed by atoms with Crippen molar-refractivity contribution in [1.82, 2.24) is 10.9 Å². The van der Waals surface area contributed by atoms with E-state index in [0.717, 1.165) is 17.7 Å². The Morgan fingerprint density at radius 3 is 2.52 bits per heavy atom. The molecule has 0 aliphatic rings. The van der Waals surface area contributed by atoms with Crippen LogP contribution in [0.3, 0.4) is 0 Å². The van der Waals surface area contributed by atoms with Crippen LogP contribution in [0.4, 0.5) is 0 Å². The van der Waals surface area contributed by atoms with Crippen molar-refractivity contribution in [2.75, 3.05) is 0 Å². The zero-order valence-corrected chi connectivity index (χ0v) is 14.1. The minimum absolute atomic E-state index is 0.203. The van der Waals surface area contributed by atoms with E-state index in [9.17, 15) is 4.79 Å². The second-order valence-corrected chi connectivity index (χ2v) is 5.68. The Balaban J connectivity index is 1.82. The van der Waals surface area contributed by atoms with E-state index in [2.05, 4.69) is 17.8 Å². The van der Waals surface area contributed by atoms with Gasteiger partial charge < -0.3 is 4.74 Å². The normalized spacial score (nSPS) is 11.8. The number of benzene rings is 2. The summed E-state index contributed by atoms with van der Waals surface area (Å²) in [5, 5.41) is 0.429. The van der Waals surface area contributed by atoms with Crippen LogP contribution in [0.5, 0.6) is 5.75 Å². The van der Waals surface area contributed by atoms with Gasteiger partial charge in [-0.05, 0) is 43.2 Å². The van der Waals surface area contributed by atoms with Crippen molar-refractivity contribution >= 4 is 17.5 Å². The number of hydrazine groups is 1. The van der Waals surface area contributed by atoms with Crippen LogP contribution >= 0.6 is 11.6 Å². The van der Waals surface area contributed by atoms with Crippen LogP contribution in [-0.4, -0.2) is 12.0 Å². The highest BCUT2D eigenvalue weighted by atomic mass is 35.5. The first-order valence-electron chi connectivity index (χ1n) is 7.63. The summed E-state index contributed by atoms with van der Waals surface area (Å²) in [5.74, 6) is 0.593. The molecule has 0 aliphatic carbocycles. The van der Waals surface area contributed by atoms with Crippen LogP contribution < -0.4 is 15.6 Å². The van der Waals surface area contributed by atoms with Gasteiger partial charge in [0.15, 0.2) is 0 Å². The Morgan fingerprint density at radius 1 is 1.17 bits per heavy atom. The fraction of sp³-hybridized carbons (Fsp3) is 0.278. The van der Waals surface area contributed by atoms with Crippen molar-refractivity contribution in [2.24, 2.45) is 0 Å². The number of nitrogens with one attached hydrogen (secondary N) is 2. The summed E-state index contributed by atoms with van der Waals surface area (Å²) in [6.45, 7) is 4.64. The van der Waals surface area contributed by atoms with E-state index in [-0.39, 0.29) is 12.0 Å². The third kappa shape index (κ3) is 5.27. The van der Waals surface area contributed by atoms with Crippen LogP contribution in [0.1, 0.15) is 36.2 Å². The van der Waals surface area contributed by atoms with Gasteiger partial charge in [0, 0.05) is 6.54 Å². The minimum Gasteiger partial charge on any atom is -0.491 e. The van der Waals surface area contributed by atoms with Crippen molar-refractivity contribution < 1.29 is 9.53 Å². The molecule has 2 aromatic carbocycles. The third-order valence-electron chi connectivity index (χ3n) is 3.45. The highest BCUT2D eigenvalue weighted by Gasteiger charge is 2.08. The number of carbonyl (C=O) groups excluding carboxylic acids is 1. The quantitative estimate of drug-likeness (QED) is 0.755. The average molecular weight is 333 g/mol. The first-order valence-corrected chi connectivity index (χ1v) is 8.01. The monoisotopic (exact) mass is 332 g/mol. The average Bonchev–Trinajstić information content (AvgIpc) is 2.56. The summed E-state index contributed by atoms with van der Waals surface area (Å²) >= 11 is 5.98. The lowest BCUT2D eigenvalue weighted by Gasteiger charge is -2.13. The van der Waals surface area contributed by atoms with Gasteiger partial charge in [-0.2, -0.15) is 0 Å². The predicted molar refractivity (Wildman–Crippen MR) is 92.6 cm³/mol. The Labute approximate surface area is 141 Å². The van der Waals surface area contributed by atoms with Crippen LogP contribution in [0.15, 0.2) is 48.5 Å². The van der Waals surface area contributed by atoms with Gasteiger partial charge in [-0.3, -0.25) is 10.2 Å². The number of ether oxygens (including phenoxy) is 1. The molecule has 0 bridgehead atoms. The van der Waals surface area contributed by atoms with Gasteiger partial charge >= 0.3 is 0 Å². The summed E-state index contributed by atoms with van der Waals surface area (Å²) < 4.78 is 5.73. The maximum absolute atomic E-state index is 12.0. The fourth-order valence-electron chi connectivity index (χ4n) is 1.94. The zero-order valence-electron chi connectivity index (χ0n) is 13.3. The highest BCUT2D eigenvalue weighted by molar-refractivity contribution is 6.33. The molecule has 0 saturated heterocycles. The molecule has 2 aromatic rings. The summed E-state index contributed by atoms with van der Waals surface area (Å²) in [5.41, 5.74) is 7.03. The van der Waals surface area contributed by atoms with E-state index in [1.165, 1.54) is 0 Å². The zero-order chi connectivity index (χ0) is 16.7. The molecule has 0 aromatic heterocycles. The van der Waals surface area contributed by atoms with Gasteiger partial charge in [-0.15, -0.1) is 0 Å². The number of hydrogen-bond donors (Lipinski definition) is 2. The molecule has 0 aliphatic heterocycles. The smallest absolute Gasteiger partial charge is 0.266 e. The van der Waals surface area contributed by atoms with Gasteiger partial charge in [0.25, 0.3) is 5.91 Å². The molecule has 0 spiro atoms. The van der Waals surface area contributed by atoms with Gasteiger partial charge in [0.1, 0.15) is 5.75 Å². The number of amides is 1. The molecule has 4 nitrogen and oxygen atoms in total. The Morgan fingerprint density at radius 2 is 1.87 bits per heavy atom. The lowest BCUT2D eigenvalue weighted by Crippen LogP contribution is -2.36. The van der Waals surface area contributed by atoms with E-state index < -0.39 is 0 Å². The van der Waals surface area contributed by atoms with E-state index in [0.29, 0.717) is 17.1 Å². The predicted octanol–water partition coefficient (Wildman–Crippen LogP) is 3.95. The van der Waals surface area contributed by atoms with Crippen LogP contribution in [0.25, 0.3) is 0 Å². The van der Waals surface area contributed by atoms with Gasteiger partial charge in [0.05, 0.1) is 16.7 Å².